The molecule has 1 aromatic heterocycles. The van der Waals surface area contributed by atoms with Gasteiger partial charge in [0, 0.05) is 41.6 Å². The Kier molecular flexibility index (Phi) is 3.70. The number of amides is 1. The zero-order valence-corrected chi connectivity index (χ0v) is 12.4. The van der Waals surface area contributed by atoms with Crippen molar-refractivity contribution in [2.24, 2.45) is 0 Å². The first kappa shape index (κ1) is 13.5. The standard InChI is InChI=1S/C16H19ClN2O/c1-2-16(20)19-7-5-11(6-8-19)14-10-18-15-9-12(17)3-4-13(14)15/h3-4,9-11,18H,2,5-8H2,1H3. The SMILES string of the molecule is CCC(=O)N1CCC(c2c[nH]c3cc(Cl)ccc23)CC1. The molecule has 20 heavy (non-hydrogen) atoms. The normalized spacial score (nSPS) is 16.8. The maximum atomic E-state index is 11.7. The molecule has 1 aromatic carbocycles. The molecule has 1 fully saturated rings. The van der Waals surface area contributed by atoms with Crippen LogP contribution in [0.5, 0.6) is 0 Å². The predicted molar refractivity (Wildman–Crippen MR) is 82.2 cm³/mol. The van der Waals surface area contributed by atoms with Gasteiger partial charge in [0.05, 0.1) is 0 Å². The van der Waals surface area contributed by atoms with E-state index in [0.717, 1.165) is 36.5 Å². The molecule has 0 aliphatic carbocycles. The molecule has 0 radical (unpaired) electrons. The summed E-state index contributed by atoms with van der Waals surface area (Å²) in [6.07, 6.45) is 4.79. The summed E-state index contributed by atoms with van der Waals surface area (Å²) in [4.78, 5) is 17.0. The van der Waals surface area contributed by atoms with Gasteiger partial charge in [0.2, 0.25) is 5.91 Å². The topological polar surface area (TPSA) is 36.1 Å². The third-order valence-electron chi connectivity index (χ3n) is 4.27. The van der Waals surface area contributed by atoms with Crippen molar-refractivity contribution in [3.63, 3.8) is 0 Å². The van der Waals surface area contributed by atoms with Gasteiger partial charge in [0.1, 0.15) is 0 Å². The molecule has 0 unspecified atom stereocenters. The van der Waals surface area contributed by atoms with Crippen molar-refractivity contribution in [3.05, 3.63) is 35.0 Å². The molecule has 4 heteroatoms. The maximum Gasteiger partial charge on any atom is 0.222 e. The van der Waals surface area contributed by atoms with E-state index in [9.17, 15) is 4.79 Å². The number of H-pyrrole nitrogens is 1. The summed E-state index contributed by atoms with van der Waals surface area (Å²) < 4.78 is 0. The molecule has 106 valence electrons. The Morgan fingerprint density at radius 1 is 1.40 bits per heavy atom. The van der Waals surface area contributed by atoms with Gasteiger partial charge in [0.25, 0.3) is 0 Å². The second-order valence-electron chi connectivity index (χ2n) is 5.44. The van der Waals surface area contributed by atoms with E-state index in [1.54, 1.807) is 0 Å². The van der Waals surface area contributed by atoms with E-state index in [1.807, 2.05) is 24.0 Å². The highest BCUT2D eigenvalue weighted by Crippen LogP contribution is 2.34. The molecule has 3 rings (SSSR count). The lowest BCUT2D eigenvalue weighted by molar-refractivity contribution is -0.131. The quantitative estimate of drug-likeness (QED) is 0.893. The second-order valence-corrected chi connectivity index (χ2v) is 5.88. The molecular formula is C16H19ClN2O. The van der Waals surface area contributed by atoms with Crippen molar-refractivity contribution < 1.29 is 4.79 Å². The van der Waals surface area contributed by atoms with Crippen LogP contribution in [0.4, 0.5) is 0 Å². The number of nitrogens with zero attached hydrogens (tertiary/aromatic N) is 1. The Bertz CT molecular complexity index is 626. The van der Waals surface area contributed by atoms with Crippen LogP contribution in [-0.2, 0) is 4.79 Å². The molecule has 1 saturated heterocycles. The monoisotopic (exact) mass is 290 g/mol. The third-order valence-corrected chi connectivity index (χ3v) is 4.50. The Morgan fingerprint density at radius 3 is 2.85 bits per heavy atom. The molecular weight excluding hydrogens is 272 g/mol. The van der Waals surface area contributed by atoms with E-state index in [-0.39, 0.29) is 5.91 Å². The van der Waals surface area contributed by atoms with E-state index in [1.165, 1.54) is 10.9 Å². The van der Waals surface area contributed by atoms with Gasteiger partial charge in [-0.15, -0.1) is 0 Å². The number of piperidine rings is 1. The average molecular weight is 291 g/mol. The zero-order valence-electron chi connectivity index (χ0n) is 11.7. The van der Waals surface area contributed by atoms with Crippen molar-refractivity contribution in [1.29, 1.82) is 0 Å². The van der Waals surface area contributed by atoms with Crippen LogP contribution in [0.25, 0.3) is 10.9 Å². The smallest absolute Gasteiger partial charge is 0.222 e. The summed E-state index contributed by atoms with van der Waals surface area (Å²) in [5.41, 5.74) is 2.46. The highest BCUT2D eigenvalue weighted by molar-refractivity contribution is 6.31. The minimum absolute atomic E-state index is 0.272. The molecule has 1 amide bonds. The van der Waals surface area contributed by atoms with Gasteiger partial charge in [-0.1, -0.05) is 24.6 Å². The third kappa shape index (κ3) is 2.42. The van der Waals surface area contributed by atoms with E-state index >= 15 is 0 Å². The van der Waals surface area contributed by atoms with Crippen molar-refractivity contribution >= 4 is 28.4 Å². The number of benzene rings is 1. The Hall–Kier alpha value is -1.48. The van der Waals surface area contributed by atoms with Crippen molar-refractivity contribution in [1.82, 2.24) is 9.88 Å². The van der Waals surface area contributed by atoms with Gasteiger partial charge < -0.3 is 9.88 Å². The van der Waals surface area contributed by atoms with Crippen LogP contribution in [-0.4, -0.2) is 28.9 Å². The lowest BCUT2D eigenvalue weighted by Gasteiger charge is -2.31. The first-order valence-electron chi connectivity index (χ1n) is 7.23. The summed E-state index contributed by atoms with van der Waals surface area (Å²) in [6, 6.07) is 6.00. The number of carbonyl (C=O) groups is 1. The number of nitrogens with one attached hydrogen (secondary N) is 1. The number of fused-ring (bicyclic) bond motifs is 1. The summed E-state index contributed by atoms with van der Waals surface area (Å²) in [6.45, 7) is 3.67. The lowest BCUT2D eigenvalue weighted by Crippen LogP contribution is -2.37. The number of rotatable bonds is 2. The van der Waals surface area contributed by atoms with E-state index in [0.29, 0.717) is 12.3 Å². The fourth-order valence-corrected chi connectivity index (χ4v) is 3.29. The second kappa shape index (κ2) is 5.49. The van der Waals surface area contributed by atoms with Gasteiger partial charge in [-0.2, -0.15) is 0 Å². The molecule has 1 aliphatic heterocycles. The summed E-state index contributed by atoms with van der Waals surface area (Å²) >= 11 is 6.02. The van der Waals surface area contributed by atoms with Gasteiger partial charge >= 0.3 is 0 Å². The first-order valence-corrected chi connectivity index (χ1v) is 7.61. The highest BCUT2D eigenvalue weighted by atomic mass is 35.5. The van der Waals surface area contributed by atoms with Crippen LogP contribution in [0.3, 0.4) is 0 Å². The average Bonchev–Trinajstić information content (AvgIpc) is 2.89. The first-order chi connectivity index (χ1) is 9.69. The Morgan fingerprint density at radius 2 is 2.15 bits per heavy atom. The van der Waals surface area contributed by atoms with E-state index in [4.69, 9.17) is 11.6 Å². The number of likely N-dealkylation sites (tertiary alicyclic amines) is 1. The summed E-state index contributed by atoms with van der Waals surface area (Å²) in [5.74, 6) is 0.806. The summed E-state index contributed by atoms with van der Waals surface area (Å²) in [7, 11) is 0. The fraction of sp³-hybridized carbons (Fsp3) is 0.438. The Balaban J connectivity index is 1.78. The zero-order chi connectivity index (χ0) is 14.1. The van der Waals surface area contributed by atoms with Crippen molar-refractivity contribution in [3.8, 4) is 0 Å². The number of aromatic nitrogens is 1. The van der Waals surface area contributed by atoms with E-state index in [2.05, 4.69) is 17.2 Å². The van der Waals surface area contributed by atoms with Crippen molar-refractivity contribution in [2.45, 2.75) is 32.1 Å². The summed E-state index contributed by atoms with van der Waals surface area (Å²) in [5, 5.41) is 2.02. The van der Waals surface area contributed by atoms with Crippen LogP contribution in [0.15, 0.2) is 24.4 Å². The molecule has 0 spiro atoms. The lowest BCUT2D eigenvalue weighted by atomic mass is 9.89. The Labute approximate surface area is 123 Å². The molecule has 0 atom stereocenters. The number of carbonyl (C=O) groups excluding carboxylic acids is 1. The van der Waals surface area contributed by atoms with Gasteiger partial charge in [-0.3, -0.25) is 4.79 Å². The van der Waals surface area contributed by atoms with Crippen LogP contribution < -0.4 is 0 Å². The fourth-order valence-electron chi connectivity index (χ4n) is 3.12. The van der Waals surface area contributed by atoms with Crippen LogP contribution >= 0.6 is 11.6 Å². The molecule has 2 heterocycles. The van der Waals surface area contributed by atoms with Gasteiger partial charge in [0.15, 0.2) is 0 Å². The molecule has 0 saturated carbocycles. The molecule has 0 bridgehead atoms. The van der Waals surface area contributed by atoms with Crippen molar-refractivity contribution in [2.75, 3.05) is 13.1 Å². The molecule has 2 aromatic rings. The van der Waals surface area contributed by atoms with Crippen LogP contribution in [0.1, 0.15) is 37.7 Å². The highest BCUT2D eigenvalue weighted by Gasteiger charge is 2.24. The van der Waals surface area contributed by atoms with Gasteiger partial charge in [-0.25, -0.2) is 0 Å². The van der Waals surface area contributed by atoms with Gasteiger partial charge in [-0.05, 0) is 36.5 Å². The number of halogens is 1. The minimum Gasteiger partial charge on any atom is -0.361 e. The maximum absolute atomic E-state index is 11.7. The predicted octanol–water partition coefficient (Wildman–Crippen LogP) is 3.94. The molecule has 1 N–H and O–H groups in total. The number of hydrogen-bond donors (Lipinski definition) is 1. The molecule has 3 nitrogen and oxygen atoms in total. The van der Waals surface area contributed by atoms with Crippen LogP contribution in [0.2, 0.25) is 5.02 Å². The minimum atomic E-state index is 0.272. The van der Waals surface area contributed by atoms with Crippen LogP contribution in [0, 0.1) is 0 Å². The molecule has 1 aliphatic rings. The van der Waals surface area contributed by atoms with E-state index < -0.39 is 0 Å². The largest absolute Gasteiger partial charge is 0.361 e. The number of aromatic amines is 1. The number of hydrogen-bond acceptors (Lipinski definition) is 1.